The molecule has 0 unspecified atom stereocenters. The molecule has 0 bridgehead atoms. The minimum Gasteiger partial charge on any atom is -0.444 e. The first-order valence-corrected chi connectivity index (χ1v) is 12.2. The number of nitrogens with zero attached hydrogens (tertiary/aromatic N) is 5. The summed E-state index contributed by atoms with van der Waals surface area (Å²) in [6.07, 6.45) is 2.75. The van der Waals surface area contributed by atoms with Crippen LogP contribution < -0.4 is 0 Å². The fourth-order valence-corrected chi connectivity index (χ4v) is 4.38. The van der Waals surface area contributed by atoms with Crippen LogP contribution in [0, 0.1) is 13.8 Å². The zero-order valence-corrected chi connectivity index (χ0v) is 21.5. The van der Waals surface area contributed by atoms with Crippen LogP contribution >= 0.6 is 11.6 Å². The lowest BCUT2D eigenvalue weighted by molar-refractivity contribution is 0.0760. The van der Waals surface area contributed by atoms with Gasteiger partial charge >= 0.3 is 0 Å². The number of aryl methyl sites for hydroxylation is 1. The van der Waals surface area contributed by atoms with Crippen molar-refractivity contribution in [2.45, 2.75) is 59.5 Å². The van der Waals surface area contributed by atoms with E-state index in [1.54, 1.807) is 0 Å². The second-order valence-electron chi connectivity index (χ2n) is 10.1. The van der Waals surface area contributed by atoms with Gasteiger partial charge in [-0.3, -0.25) is 14.4 Å². The summed E-state index contributed by atoms with van der Waals surface area (Å²) < 4.78 is 7.85. The van der Waals surface area contributed by atoms with Gasteiger partial charge in [0.2, 0.25) is 5.89 Å². The summed E-state index contributed by atoms with van der Waals surface area (Å²) in [6, 6.07) is 7.82. The summed E-state index contributed by atoms with van der Waals surface area (Å²) in [6.45, 7) is 14.6. The summed E-state index contributed by atoms with van der Waals surface area (Å²) in [5.41, 5.74) is 3.44. The number of rotatable bonds is 5. The molecule has 1 aromatic carbocycles. The minimum atomic E-state index is -0.0526. The van der Waals surface area contributed by atoms with Crippen LogP contribution in [-0.4, -0.2) is 56.7 Å². The third-order valence-electron chi connectivity index (χ3n) is 6.33. The lowest BCUT2D eigenvalue weighted by Gasteiger charge is -2.22. The molecule has 1 fully saturated rings. The summed E-state index contributed by atoms with van der Waals surface area (Å²) in [5, 5.41) is 5.21. The molecule has 7 nitrogen and oxygen atoms in total. The molecule has 0 atom stereocenters. The van der Waals surface area contributed by atoms with Crippen molar-refractivity contribution in [3.05, 3.63) is 69.7 Å². The largest absolute Gasteiger partial charge is 0.444 e. The molecule has 0 saturated carbocycles. The summed E-state index contributed by atoms with van der Waals surface area (Å²) in [7, 11) is 0. The van der Waals surface area contributed by atoms with Crippen molar-refractivity contribution in [3.63, 3.8) is 0 Å². The van der Waals surface area contributed by atoms with E-state index < -0.39 is 0 Å². The first-order valence-electron chi connectivity index (χ1n) is 11.9. The quantitative estimate of drug-likeness (QED) is 0.519. The van der Waals surface area contributed by atoms with E-state index in [-0.39, 0.29) is 11.3 Å². The zero-order valence-electron chi connectivity index (χ0n) is 20.8. The average Bonchev–Trinajstić information content (AvgIpc) is 3.27. The molecule has 182 valence electrons. The predicted octanol–water partition coefficient (Wildman–Crippen LogP) is 4.84. The molecule has 0 aliphatic carbocycles. The van der Waals surface area contributed by atoms with Crippen molar-refractivity contribution < 1.29 is 9.21 Å². The van der Waals surface area contributed by atoms with E-state index in [0.717, 1.165) is 54.7 Å². The number of aromatic nitrogens is 3. The van der Waals surface area contributed by atoms with Gasteiger partial charge in [0.15, 0.2) is 0 Å². The Kier molecular flexibility index (Phi) is 7.14. The van der Waals surface area contributed by atoms with Gasteiger partial charge in [-0.15, -0.1) is 0 Å². The van der Waals surface area contributed by atoms with Crippen molar-refractivity contribution in [1.82, 2.24) is 24.6 Å². The molecule has 1 saturated heterocycles. The Balaban J connectivity index is 1.38. The van der Waals surface area contributed by atoms with Crippen molar-refractivity contribution in [2.24, 2.45) is 0 Å². The van der Waals surface area contributed by atoms with Gasteiger partial charge in [0.1, 0.15) is 5.76 Å². The van der Waals surface area contributed by atoms with E-state index in [9.17, 15) is 4.79 Å². The van der Waals surface area contributed by atoms with Crippen LogP contribution in [0.2, 0.25) is 5.02 Å². The van der Waals surface area contributed by atoms with Gasteiger partial charge < -0.3 is 9.32 Å². The Bertz CT molecular complexity index is 1160. The molecule has 3 heterocycles. The van der Waals surface area contributed by atoms with Crippen LogP contribution in [0.3, 0.4) is 0 Å². The normalized spacial score (nSPS) is 15.5. The number of amides is 1. The molecule has 0 N–H and O–H groups in total. The van der Waals surface area contributed by atoms with Gasteiger partial charge in [0.25, 0.3) is 5.91 Å². The second-order valence-corrected chi connectivity index (χ2v) is 10.5. The van der Waals surface area contributed by atoms with Gasteiger partial charge in [-0.05, 0) is 38.0 Å². The Labute approximate surface area is 206 Å². The number of benzene rings is 1. The van der Waals surface area contributed by atoms with Gasteiger partial charge in [-0.2, -0.15) is 5.10 Å². The van der Waals surface area contributed by atoms with Crippen LogP contribution in [0.25, 0.3) is 0 Å². The molecule has 8 heteroatoms. The Hall–Kier alpha value is -2.64. The van der Waals surface area contributed by atoms with E-state index in [2.05, 4.69) is 35.8 Å². The molecule has 1 aliphatic heterocycles. The highest BCUT2D eigenvalue weighted by atomic mass is 35.5. The summed E-state index contributed by atoms with van der Waals surface area (Å²) >= 11 is 6.29. The van der Waals surface area contributed by atoms with Gasteiger partial charge in [0, 0.05) is 37.2 Å². The molecular formula is C26H34ClN5O2. The van der Waals surface area contributed by atoms with E-state index >= 15 is 0 Å². The molecule has 2 aromatic heterocycles. The molecule has 0 spiro atoms. The predicted molar refractivity (Wildman–Crippen MR) is 133 cm³/mol. The number of halogens is 1. The second kappa shape index (κ2) is 9.92. The number of carbonyl (C=O) groups excluding carboxylic acids is 1. The molecule has 3 aromatic rings. The Morgan fingerprint density at radius 2 is 1.91 bits per heavy atom. The van der Waals surface area contributed by atoms with E-state index in [4.69, 9.17) is 16.0 Å². The monoisotopic (exact) mass is 483 g/mol. The van der Waals surface area contributed by atoms with Crippen molar-refractivity contribution in [3.8, 4) is 0 Å². The van der Waals surface area contributed by atoms with E-state index in [1.807, 2.05) is 53.9 Å². The molecule has 1 aliphatic rings. The number of hydrogen-bond donors (Lipinski definition) is 0. The van der Waals surface area contributed by atoms with Crippen molar-refractivity contribution >= 4 is 17.5 Å². The summed E-state index contributed by atoms with van der Waals surface area (Å²) in [5.74, 6) is 1.71. The molecule has 4 rings (SSSR count). The average molecular weight is 484 g/mol. The third-order valence-corrected chi connectivity index (χ3v) is 6.87. The number of hydrogen-bond acceptors (Lipinski definition) is 5. The van der Waals surface area contributed by atoms with E-state index in [1.165, 1.54) is 0 Å². The maximum Gasteiger partial charge on any atom is 0.253 e. The highest BCUT2D eigenvalue weighted by molar-refractivity contribution is 6.31. The maximum absolute atomic E-state index is 13.3. The van der Waals surface area contributed by atoms with Crippen molar-refractivity contribution in [1.29, 1.82) is 0 Å². The molecule has 0 radical (unpaired) electrons. The van der Waals surface area contributed by atoms with Gasteiger partial charge in [-0.25, -0.2) is 4.98 Å². The fraction of sp³-hybridized carbons (Fsp3) is 0.500. The SMILES string of the molecule is Cc1nn(Cc2cccc(C(=O)N3CCCN(Cc4ncc(C(C)(C)C)o4)CC3)c2)c(C)c1Cl. The fourth-order valence-electron chi connectivity index (χ4n) is 4.24. The highest BCUT2D eigenvalue weighted by Gasteiger charge is 2.23. The molecule has 34 heavy (non-hydrogen) atoms. The van der Waals surface area contributed by atoms with Crippen LogP contribution in [0.4, 0.5) is 0 Å². The van der Waals surface area contributed by atoms with Crippen LogP contribution in [-0.2, 0) is 18.5 Å². The van der Waals surface area contributed by atoms with E-state index in [0.29, 0.717) is 30.2 Å². The van der Waals surface area contributed by atoms with Crippen molar-refractivity contribution in [2.75, 3.05) is 26.2 Å². The summed E-state index contributed by atoms with van der Waals surface area (Å²) in [4.78, 5) is 22.0. The third kappa shape index (κ3) is 5.53. The Morgan fingerprint density at radius 3 is 2.59 bits per heavy atom. The standard InChI is InChI=1S/C26H34ClN5O2/c1-18-24(27)19(2)32(29-18)16-20-8-6-9-21(14-20)25(33)31-11-7-10-30(12-13-31)17-23-28-15-22(34-23)26(3,4)5/h6,8-9,14-15H,7,10-13,16-17H2,1-5H3. The lowest BCUT2D eigenvalue weighted by Crippen LogP contribution is -2.35. The number of oxazole rings is 1. The van der Waals surface area contributed by atoms with Crippen LogP contribution in [0.5, 0.6) is 0 Å². The van der Waals surface area contributed by atoms with Crippen LogP contribution in [0.15, 0.2) is 34.9 Å². The lowest BCUT2D eigenvalue weighted by atomic mass is 9.94. The maximum atomic E-state index is 13.3. The smallest absolute Gasteiger partial charge is 0.253 e. The Morgan fingerprint density at radius 1 is 1.12 bits per heavy atom. The van der Waals surface area contributed by atoms with Gasteiger partial charge in [0.05, 0.1) is 35.7 Å². The molecule has 1 amide bonds. The van der Waals surface area contributed by atoms with Gasteiger partial charge in [-0.1, -0.05) is 44.5 Å². The topological polar surface area (TPSA) is 67.4 Å². The molecular weight excluding hydrogens is 450 g/mol. The first kappa shape index (κ1) is 24.5. The highest BCUT2D eigenvalue weighted by Crippen LogP contribution is 2.24. The number of carbonyl (C=O) groups is 1. The van der Waals surface area contributed by atoms with Crippen LogP contribution in [0.1, 0.15) is 66.2 Å². The first-order chi connectivity index (χ1) is 16.1. The minimum absolute atomic E-state index is 0.0526. The zero-order chi connectivity index (χ0) is 24.5.